The summed E-state index contributed by atoms with van der Waals surface area (Å²) in [6.07, 6.45) is 4.69. The standard InChI is InChI=1S/C12H25NO/c1-4-10-6-7-12(14)11(8-10)9-13(3)5-2/h10-12,14H,4-9H2,1-3H3. The fourth-order valence-electron chi connectivity index (χ4n) is 2.44. The van der Waals surface area contributed by atoms with E-state index in [0.717, 1.165) is 25.4 Å². The third-order valence-electron chi connectivity index (χ3n) is 3.71. The van der Waals surface area contributed by atoms with Crippen molar-refractivity contribution in [1.82, 2.24) is 4.90 Å². The molecule has 0 aliphatic heterocycles. The Hall–Kier alpha value is -0.0800. The summed E-state index contributed by atoms with van der Waals surface area (Å²) in [4.78, 5) is 2.31. The van der Waals surface area contributed by atoms with Crippen LogP contribution in [-0.2, 0) is 0 Å². The van der Waals surface area contributed by atoms with Crippen LogP contribution in [0.15, 0.2) is 0 Å². The van der Waals surface area contributed by atoms with Crippen LogP contribution in [-0.4, -0.2) is 36.2 Å². The highest BCUT2D eigenvalue weighted by molar-refractivity contribution is 4.80. The van der Waals surface area contributed by atoms with Gasteiger partial charge in [0.1, 0.15) is 0 Å². The van der Waals surface area contributed by atoms with Gasteiger partial charge in [-0.05, 0) is 44.7 Å². The predicted octanol–water partition coefficient (Wildman–Crippen LogP) is 2.13. The molecule has 0 bridgehead atoms. The molecule has 0 radical (unpaired) electrons. The van der Waals surface area contributed by atoms with Gasteiger partial charge in [0.2, 0.25) is 0 Å². The number of hydrogen-bond donors (Lipinski definition) is 1. The normalized spacial score (nSPS) is 33.6. The van der Waals surface area contributed by atoms with E-state index in [1.54, 1.807) is 0 Å². The van der Waals surface area contributed by atoms with Crippen molar-refractivity contribution in [2.24, 2.45) is 11.8 Å². The van der Waals surface area contributed by atoms with Crippen LogP contribution in [0.4, 0.5) is 0 Å². The lowest BCUT2D eigenvalue weighted by atomic mass is 9.78. The Morgan fingerprint density at radius 2 is 2.00 bits per heavy atom. The zero-order valence-corrected chi connectivity index (χ0v) is 9.87. The number of rotatable bonds is 4. The zero-order chi connectivity index (χ0) is 10.6. The summed E-state index contributed by atoms with van der Waals surface area (Å²) < 4.78 is 0. The van der Waals surface area contributed by atoms with Gasteiger partial charge in [-0.15, -0.1) is 0 Å². The molecule has 0 saturated heterocycles. The Morgan fingerprint density at radius 3 is 2.57 bits per heavy atom. The number of nitrogens with zero attached hydrogens (tertiary/aromatic N) is 1. The maximum atomic E-state index is 9.90. The van der Waals surface area contributed by atoms with Crippen molar-refractivity contribution in [2.75, 3.05) is 20.1 Å². The molecule has 84 valence electrons. The molecule has 1 N–H and O–H groups in total. The van der Waals surface area contributed by atoms with E-state index in [2.05, 4.69) is 25.8 Å². The largest absolute Gasteiger partial charge is 0.393 e. The summed E-state index contributed by atoms with van der Waals surface area (Å²) in [5, 5.41) is 9.90. The lowest BCUT2D eigenvalue weighted by molar-refractivity contribution is 0.0317. The van der Waals surface area contributed by atoms with Crippen molar-refractivity contribution in [3.05, 3.63) is 0 Å². The molecular formula is C12H25NO. The first-order valence-electron chi connectivity index (χ1n) is 6.03. The average molecular weight is 199 g/mol. The molecule has 1 aliphatic rings. The Morgan fingerprint density at radius 1 is 1.29 bits per heavy atom. The molecule has 2 nitrogen and oxygen atoms in total. The maximum absolute atomic E-state index is 9.90. The molecular weight excluding hydrogens is 174 g/mol. The van der Waals surface area contributed by atoms with E-state index in [1.807, 2.05) is 0 Å². The topological polar surface area (TPSA) is 23.5 Å². The first-order chi connectivity index (χ1) is 6.67. The molecule has 0 aromatic heterocycles. The van der Waals surface area contributed by atoms with Crippen LogP contribution < -0.4 is 0 Å². The molecule has 1 saturated carbocycles. The molecule has 2 heteroatoms. The third kappa shape index (κ3) is 3.25. The average Bonchev–Trinajstić information content (AvgIpc) is 2.21. The van der Waals surface area contributed by atoms with Crippen LogP contribution in [0.3, 0.4) is 0 Å². The van der Waals surface area contributed by atoms with Gasteiger partial charge in [-0.25, -0.2) is 0 Å². The molecule has 1 aliphatic carbocycles. The van der Waals surface area contributed by atoms with E-state index < -0.39 is 0 Å². The summed E-state index contributed by atoms with van der Waals surface area (Å²) in [5.41, 5.74) is 0. The predicted molar refractivity (Wildman–Crippen MR) is 60.3 cm³/mol. The van der Waals surface area contributed by atoms with Gasteiger partial charge in [-0.3, -0.25) is 0 Å². The van der Waals surface area contributed by atoms with Gasteiger partial charge < -0.3 is 10.0 Å². The molecule has 0 spiro atoms. The van der Waals surface area contributed by atoms with Crippen molar-refractivity contribution < 1.29 is 5.11 Å². The maximum Gasteiger partial charge on any atom is 0.0580 e. The second-order valence-corrected chi connectivity index (χ2v) is 4.77. The highest BCUT2D eigenvalue weighted by Gasteiger charge is 2.28. The van der Waals surface area contributed by atoms with E-state index in [-0.39, 0.29) is 6.10 Å². The molecule has 1 fully saturated rings. The van der Waals surface area contributed by atoms with Crippen molar-refractivity contribution >= 4 is 0 Å². The van der Waals surface area contributed by atoms with Crippen molar-refractivity contribution in [1.29, 1.82) is 0 Å². The van der Waals surface area contributed by atoms with Crippen LogP contribution in [0, 0.1) is 11.8 Å². The lowest BCUT2D eigenvalue weighted by Crippen LogP contribution is -2.37. The second-order valence-electron chi connectivity index (χ2n) is 4.77. The SMILES string of the molecule is CCC1CCC(O)C(CN(C)CC)C1. The smallest absolute Gasteiger partial charge is 0.0580 e. The summed E-state index contributed by atoms with van der Waals surface area (Å²) >= 11 is 0. The van der Waals surface area contributed by atoms with Crippen LogP contribution in [0.1, 0.15) is 39.5 Å². The molecule has 3 unspecified atom stereocenters. The van der Waals surface area contributed by atoms with E-state index in [1.165, 1.54) is 19.3 Å². The monoisotopic (exact) mass is 199 g/mol. The van der Waals surface area contributed by atoms with E-state index in [4.69, 9.17) is 0 Å². The minimum Gasteiger partial charge on any atom is -0.393 e. The fraction of sp³-hybridized carbons (Fsp3) is 1.00. The molecule has 3 atom stereocenters. The zero-order valence-electron chi connectivity index (χ0n) is 9.87. The van der Waals surface area contributed by atoms with Gasteiger partial charge in [-0.2, -0.15) is 0 Å². The minimum absolute atomic E-state index is 0.0493. The minimum atomic E-state index is -0.0493. The van der Waals surface area contributed by atoms with Gasteiger partial charge in [0.25, 0.3) is 0 Å². The third-order valence-corrected chi connectivity index (χ3v) is 3.71. The van der Waals surface area contributed by atoms with E-state index in [9.17, 15) is 5.11 Å². The van der Waals surface area contributed by atoms with E-state index >= 15 is 0 Å². The Labute approximate surface area is 88.3 Å². The summed E-state index contributed by atoms with van der Waals surface area (Å²) in [6, 6.07) is 0. The van der Waals surface area contributed by atoms with Gasteiger partial charge in [0.05, 0.1) is 6.10 Å². The molecule has 0 amide bonds. The molecule has 0 heterocycles. The molecule has 0 aromatic carbocycles. The lowest BCUT2D eigenvalue weighted by Gasteiger charge is -2.35. The van der Waals surface area contributed by atoms with Crippen LogP contribution in [0.5, 0.6) is 0 Å². The van der Waals surface area contributed by atoms with Gasteiger partial charge in [0, 0.05) is 6.54 Å². The number of aliphatic hydroxyl groups is 1. The number of hydrogen-bond acceptors (Lipinski definition) is 2. The summed E-state index contributed by atoms with van der Waals surface area (Å²) in [5.74, 6) is 1.37. The quantitative estimate of drug-likeness (QED) is 0.749. The van der Waals surface area contributed by atoms with Crippen molar-refractivity contribution in [3.63, 3.8) is 0 Å². The van der Waals surface area contributed by atoms with Crippen molar-refractivity contribution in [3.8, 4) is 0 Å². The van der Waals surface area contributed by atoms with E-state index in [0.29, 0.717) is 5.92 Å². The number of aliphatic hydroxyl groups excluding tert-OH is 1. The van der Waals surface area contributed by atoms with Gasteiger partial charge in [-0.1, -0.05) is 20.3 Å². The van der Waals surface area contributed by atoms with Crippen LogP contribution in [0.2, 0.25) is 0 Å². The van der Waals surface area contributed by atoms with Gasteiger partial charge in [0.15, 0.2) is 0 Å². The first kappa shape index (κ1) is 12.0. The Balaban J connectivity index is 2.40. The summed E-state index contributed by atoms with van der Waals surface area (Å²) in [7, 11) is 2.14. The van der Waals surface area contributed by atoms with Crippen LogP contribution in [0.25, 0.3) is 0 Å². The highest BCUT2D eigenvalue weighted by atomic mass is 16.3. The van der Waals surface area contributed by atoms with Crippen molar-refractivity contribution in [2.45, 2.75) is 45.6 Å². The fourth-order valence-corrected chi connectivity index (χ4v) is 2.44. The van der Waals surface area contributed by atoms with Gasteiger partial charge >= 0.3 is 0 Å². The highest BCUT2D eigenvalue weighted by Crippen LogP contribution is 2.31. The molecule has 1 rings (SSSR count). The second kappa shape index (κ2) is 5.72. The Bertz CT molecular complexity index is 158. The molecule has 14 heavy (non-hydrogen) atoms. The van der Waals surface area contributed by atoms with Crippen LogP contribution >= 0.6 is 0 Å². The first-order valence-corrected chi connectivity index (χ1v) is 6.03. The molecule has 0 aromatic rings. The Kier molecular flexibility index (Phi) is 4.90. The summed E-state index contributed by atoms with van der Waals surface area (Å²) in [6.45, 7) is 6.59.